The molecule has 0 spiro atoms. The molecule has 4 heteroatoms. The number of pyridine rings is 2. The van der Waals surface area contributed by atoms with Crippen molar-refractivity contribution < 1.29 is 4.74 Å². The van der Waals surface area contributed by atoms with E-state index in [1.54, 1.807) is 24.4 Å². The molecule has 0 bridgehead atoms. The predicted octanol–water partition coefficient (Wildman–Crippen LogP) is 2.45. The maximum atomic E-state index is 8.62. The molecule has 0 N–H and O–H groups in total. The lowest BCUT2D eigenvalue weighted by atomic mass is 10.3. The van der Waals surface area contributed by atoms with Gasteiger partial charge in [-0.1, -0.05) is 0 Å². The molecular formula is C12H9N3O. The van der Waals surface area contributed by atoms with Crippen LogP contribution in [0.3, 0.4) is 0 Å². The Labute approximate surface area is 93.2 Å². The number of aryl methyl sites for hydroxylation is 1. The van der Waals surface area contributed by atoms with Gasteiger partial charge in [0.1, 0.15) is 6.07 Å². The molecule has 2 rings (SSSR count). The molecule has 0 unspecified atom stereocenters. The normalized spacial score (nSPS) is 9.50. The lowest BCUT2D eigenvalue weighted by Crippen LogP contribution is -1.91. The summed E-state index contributed by atoms with van der Waals surface area (Å²) in [6.45, 7) is 1.86. The monoisotopic (exact) mass is 211 g/mol. The number of hydrogen-bond acceptors (Lipinski definition) is 4. The summed E-state index contributed by atoms with van der Waals surface area (Å²) < 4.78 is 5.53. The van der Waals surface area contributed by atoms with Gasteiger partial charge >= 0.3 is 0 Å². The van der Waals surface area contributed by atoms with Gasteiger partial charge in [-0.25, -0.2) is 4.98 Å². The SMILES string of the molecule is Cc1ncccc1Oc1ccc(C#N)cn1. The maximum Gasteiger partial charge on any atom is 0.219 e. The van der Waals surface area contributed by atoms with Crippen LogP contribution in [0.1, 0.15) is 11.3 Å². The van der Waals surface area contributed by atoms with E-state index in [1.165, 1.54) is 6.20 Å². The molecule has 0 saturated heterocycles. The second-order valence-corrected chi connectivity index (χ2v) is 3.19. The summed E-state index contributed by atoms with van der Waals surface area (Å²) in [6, 6.07) is 8.94. The van der Waals surface area contributed by atoms with Gasteiger partial charge in [0, 0.05) is 18.5 Å². The molecule has 2 heterocycles. The van der Waals surface area contributed by atoms with Gasteiger partial charge in [-0.15, -0.1) is 0 Å². The molecule has 0 aromatic carbocycles. The first-order valence-electron chi connectivity index (χ1n) is 4.75. The Hall–Kier alpha value is -2.41. The number of ether oxygens (including phenoxy) is 1. The highest BCUT2D eigenvalue weighted by Crippen LogP contribution is 2.21. The second-order valence-electron chi connectivity index (χ2n) is 3.19. The van der Waals surface area contributed by atoms with Crippen LogP contribution in [0.5, 0.6) is 11.6 Å². The van der Waals surface area contributed by atoms with E-state index in [2.05, 4.69) is 9.97 Å². The van der Waals surface area contributed by atoms with E-state index >= 15 is 0 Å². The first kappa shape index (κ1) is 10.1. The van der Waals surface area contributed by atoms with Gasteiger partial charge in [0.15, 0.2) is 5.75 Å². The molecule has 4 nitrogen and oxygen atoms in total. The average Bonchev–Trinajstić information content (AvgIpc) is 2.33. The molecule has 0 aliphatic rings. The molecule has 0 radical (unpaired) electrons. The maximum absolute atomic E-state index is 8.62. The third-order valence-electron chi connectivity index (χ3n) is 2.04. The van der Waals surface area contributed by atoms with Crippen molar-refractivity contribution in [3.05, 3.63) is 47.9 Å². The molecule has 0 atom stereocenters. The van der Waals surface area contributed by atoms with E-state index in [9.17, 15) is 0 Å². The van der Waals surface area contributed by atoms with E-state index < -0.39 is 0 Å². The Balaban J connectivity index is 2.22. The van der Waals surface area contributed by atoms with E-state index in [0.717, 1.165) is 5.69 Å². The lowest BCUT2D eigenvalue weighted by Gasteiger charge is -2.05. The van der Waals surface area contributed by atoms with Crippen LogP contribution in [0.25, 0.3) is 0 Å². The number of nitriles is 1. The van der Waals surface area contributed by atoms with E-state index in [1.807, 2.05) is 19.1 Å². The topological polar surface area (TPSA) is 58.8 Å². The van der Waals surface area contributed by atoms with Gasteiger partial charge in [-0.2, -0.15) is 5.26 Å². The van der Waals surface area contributed by atoms with Gasteiger partial charge in [0.2, 0.25) is 5.88 Å². The smallest absolute Gasteiger partial charge is 0.219 e. The van der Waals surface area contributed by atoms with Crippen molar-refractivity contribution in [2.45, 2.75) is 6.92 Å². The molecule has 16 heavy (non-hydrogen) atoms. The molecule has 78 valence electrons. The zero-order valence-corrected chi connectivity index (χ0v) is 8.71. The fourth-order valence-electron chi connectivity index (χ4n) is 1.20. The molecule has 0 aliphatic heterocycles. The van der Waals surface area contributed by atoms with Crippen molar-refractivity contribution >= 4 is 0 Å². The first-order valence-corrected chi connectivity index (χ1v) is 4.75. The third-order valence-corrected chi connectivity index (χ3v) is 2.04. The van der Waals surface area contributed by atoms with E-state index in [-0.39, 0.29) is 0 Å². The summed E-state index contributed by atoms with van der Waals surface area (Å²) in [5.74, 6) is 1.12. The zero-order chi connectivity index (χ0) is 11.4. The molecule has 0 amide bonds. The van der Waals surface area contributed by atoms with Gasteiger partial charge in [0.05, 0.1) is 11.3 Å². The largest absolute Gasteiger partial charge is 0.437 e. The summed E-state index contributed by atoms with van der Waals surface area (Å²) in [7, 11) is 0. The number of hydrogen-bond donors (Lipinski definition) is 0. The van der Waals surface area contributed by atoms with Crippen LogP contribution in [0, 0.1) is 18.3 Å². The minimum atomic E-state index is 0.454. The Morgan fingerprint density at radius 2 is 2.12 bits per heavy atom. The van der Waals surface area contributed by atoms with Gasteiger partial charge in [-0.3, -0.25) is 4.98 Å². The highest BCUT2D eigenvalue weighted by Gasteiger charge is 2.02. The van der Waals surface area contributed by atoms with Crippen LogP contribution in [0.4, 0.5) is 0 Å². The highest BCUT2D eigenvalue weighted by molar-refractivity contribution is 5.32. The van der Waals surface area contributed by atoms with Crippen molar-refractivity contribution in [1.82, 2.24) is 9.97 Å². The minimum Gasteiger partial charge on any atom is -0.437 e. The molecule has 0 fully saturated rings. The average molecular weight is 211 g/mol. The Kier molecular flexibility index (Phi) is 2.79. The van der Waals surface area contributed by atoms with Crippen LogP contribution in [0.15, 0.2) is 36.7 Å². The van der Waals surface area contributed by atoms with Crippen molar-refractivity contribution in [3.63, 3.8) is 0 Å². The van der Waals surface area contributed by atoms with Crippen LogP contribution >= 0.6 is 0 Å². The summed E-state index contributed by atoms with van der Waals surface area (Å²) in [5.41, 5.74) is 1.31. The van der Waals surface area contributed by atoms with Crippen LogP contribution in [0.2, 0.25) is 0 Å². The number of nitrogens with zero attached hydrogens (tertiary/aromatic N) is 3. The first-order chi connectivity index (χ1) is 7.79. The van der Waals surface area contributed by atoms with Crippen molar-refractivity contribution in [1.29, 1.82) is 5.26 Å². The van der Waals surface area contributed by atoms with Crippen LogP contribution in [-0.2, 0) is 0 Å². The Morgan fingerprint density at radius 3 is 2.75 bits per heavy atom. The molecular weight excluding hydrogens is 202 g/mol. The van der Waals surface area contributed by atoms with Crippen LogP contribution < -0.4 is 4.74 Å². The predicted molar refractivity (Wildman–Crippen MR) is 58.0 cm³/mol. The van der Waals surface area contributed by atoms with Crippen molar-refractivity contribution in [2.24, 2.45) is 0 Å². The van der Waals surface area contributed by atoms with Crippen molar-refractivity contribution in [3.8, 4) is 17.7 Å². The fourth-order valence-corrected chi connectivity index (χ4v) is 1.20. The third kappa shape index (κ3) is 2.15. The van der Waals surface area contributed by atoms with Gasteiger partial charge in [0.25, 0.3) is 0 Å². The number of rotatable bonds is 2. The quantitative estimate of drug-likeness (QED) is 0.765. The molecule has 0 saturated carbocycles. The van der Waals surface area contributed by atoms with Gasteiger partial charge < -0.3 is 4.74 Å². The van der Waals surface area contributed by atoms with E-state index in [0.29, 0.717) is 17.2 Å². The second kappa shape index (κ2) is 4.41. The summed E-state index contributed by atoms with van der Waals surface area (Å²) in [6.07, 6.45) is 3.18. The summed E-state index contributed by atoms with van der Waals surface area (Å²) >= 11 is 0. The lowest BCUT2D eigenvalue weighted by molar-refractivity contribution is 0.456. The fraction of sp³-hybridized carbons (Fsp3) is 0.0833. The zero-order valence-electron chi connectivity index (χ0n) is 8.71. The Morgan fingerprint density at radius 1 is 1.25 bits per heavy atom. The van der Waals surface area contributed by atoms with Gasteiger partial charge in [-0.05, 0) is 25.1 Å². The molecule has 0 aliphatic carbocycles. The molecule has 2 aromatic rings. The van der Waals surface area contributed by atoms with E-state index in [4.69, 9.17) is 10.00 Å². The summed E-state index contributed by atoms with van der Waals surface area (Å²) in [4.78, 5) is 8.12. The Bertz CT molecular complexity index is 529. The molecule has 2 aromatic heterocycles. The minimum absolute atomic E-state index is 0.454. The standard InChI is InChI=1S/C12H9N3O/c1-9-11(3-2-6-14-9)16-12-5-4-10(7-13)8-15-12/h2-6,8H,1H3. The highest BCUT2D eigenvalue weighted by atomic mass is 16.5. The van der Waals surface area contributed by atoms with Crippen molar-refractivity contribution in [2.75, 3.05) is 0 Å². The number of aromatic nitrogens is 2. The van der Waals surface area contributed by atoms with Crippen LogP contribution in [-0.4, -0.2) is 9.97 Å². The summed E-state index contributed by atoms with van der Waals surface area (Å²) in [5, 5.41) is 8.62.